The van der Waals surface area contributed by atoms with E-state index in [2.05, 4.69) is 0 Å². The normalized spacial score (nSPS) is 16.4. The Morgan fingerprint density at radius 2 is 2.19 bits per heavy atom. The van der Waals surface area contributed by atoms with Gasteiger partial charge in [0.1, 0.15) is 5.75 Å². The molecule has 1 fully saturated rings. The molecule has 1 aromatic carbocycles. The molecule has 6 heteroatoms. The number of ketones is 1. The van der Waals surface area contributed by atoms with Gasteiger partial charge in [-0.15, -0.1) is 11.3 Å². The SMILES string of the molecule is CC(=O)c1cccc(OCC(=O)N(Cc2cccs2)CC2CCCO2)c1. The molecule has 138 valence electrons. The van der Waals surface area contributed by atoms with Crippen molar-refractivity contribution in [2.24, 2.45) is 0 Å². The average molecular weight is 373 g/mol. The molecule has 2 heterocycles. The van der Waals surface area contributed by atoms with Crippen LogP contribution in [0.5, 0.6) is 5.75 Å². The number of carbonyl (C=O) groups excluding carboxylic acids is 2. The molecule has 0 saturated carbocycles. The summed E-state index contributed by atoms with van der Waals surface area (Å²) in [5.41, 5.74) is 0.574. The second-order valence-electron chi connectivity index (χ2n) is 6.36. The molecule has 0 spiro atoms. The third-order valence-corrected chi connectivity index (χ3v) is 5.19. The fourth-order valence-electron chi connectivity index (χ4n) is 2.92. The monoisotopic (exact) mass is 373 g/mol. The molecular weight excluding hydrogens is 350 g/mol. The van der Waals surface area contributed by atoms with Crippen LogP contribution in [0.4, 0.5) is 0 Å². The van der Waals surface area contributed by atoms with Gasteiger partial charge in [-0.05, 0) is 43.3 Å². The van der Waals surface area contributed by atoms with E-state index in [4.69, 9.17) is 9.47 Å². The van der Waals surface area contributed by atoms with Gasteiger partial charge in [0.05, 0.1) is 12.6 Å². The van der Waals surface area contributed by atoms with Crippen LogP contribution >= 0.6 is 11.3 Å². The van der Waals surface area contributed by atoms with Gasteiger partial charge in [0.2, 0.25) is 0 Å². The minimum atomic E-state index is -0.0814. The predicted octanol–water partition coefficient (Wildman–Crippen LogP) is 3.54. The summed E-state index contributed by atoms with van der Waals surface area (Å²) < 4.78 is 11.3. The zero-order valence-corrected chi connectivity index (χ0v) is 15.7. The predicted molar refractivity (Wildman–Crippen MR) is 101 cm³/mol. The van der Waals surface area contributed by atoms with E-state index in [1.54, 1.807) is 40.5 Å². The van der Waals surface area contributed by atoms with Gasteiger partial charge in [0.15, 0.2) is 12.4 Å². The quantitative estimate of drug-likeness (QED) is 0.664. The molecule has 2 aromatic rings. The Morgan fingerprint density at radius 1 is 1.31 bits per heavy atom. The molecule has 3 rings (SSSR count). The Balaban J connectivity index is 1.62. The lowest BCUT2D eigenvalue weighted by Gasteiger charge is -2.25. The molecule has 1 unspecified atom stereocenters. The number of hydrogen-bond acceptors (Lipinski definition) is 5. The fourth-order valence-corrected chi connectivity index (χ4v) is 3.64. The van der Waals surface area contributed by atoms with Crippen LogP contribution in [-0.4, -0.2) is 42.5 Å². The molecule has 1 aromatic heterocycles. The van der Waals surface area contributed by atoms with Crippen molar-refractivity contribution in [2.75, 3.05) is 19.8 Å². The fraction of sp³-hybridized carbons (Fsp3) is 0.400. The molecule has 0 aliphatic carbocycles. The van der Waals surface area contributed by atoms with Crippen LogP contribution in [0.15, 0.2) is 41.8 Å². The minimum Gasteiger partial charge on any atom is -0.484 e. The van der Waals surface area contributed by atoms with E-state index in [9.17, 15) is 9.59 Å². The zero-order valence-electron chi connectivity index (χ0n) is 14.8. The number of rotatable bonds is 8. The largest absolute Gasteiger partial charge is 0.484 e. The second-order valence-corrected chi connectivity index (χ2v) is 7.39. The topological polar surface area (TPSA) is 55.8 Å². The van der Waals surface area contributed by atoms with Gasteiger partial charge in [-0.1, -0.05) is 18.2 Å². The Kier molecular flexibility index (Phi) is 6.41. The Bertz CT molecular complexity index is 738. The summed E-state index contributed by atoms with van der Waals surface area (Å²) in [5.74, 6) is 0.417. The third-order valence-electron chi connectivity index (χ3n) is 4.33. The Labute approximate surface area is 157 Å². The first-order valence-electron chi connectivity index (χ1n) is 8.77. The highest BCUT2D eigenvalue weighted by atomic mass is 32.1. The molecule has 0 radical (unpaired) electrons. The Morgan fingerprint density at radius 3 is 2.88 bits per heavy atom. The number of ether oxygens (including phenoxy) is 2. The van der Waals surface area contributed by atoms with E-state index in [0.29, 0.717) is 24.4 Å². The van der Waals surface area contributed by atoms with Crippen molar-refractivity contribution >= 4 is 23.0 Å². The van der Waals surface area contributed by atoms with Gasteiger partial charge in [-0.3, -0.25) is 9.59 Å². The van der Waals surface area contributed by atoms with Crippen molar-refractivity contribution in [3.8, 4) is 5.75 Å². The molecule has 1 saturated heterocycles. The van der Waals surface area contributed by atoms with Crippen molar-refractivity contribution < 1.29 is 19.1 Å². The molecule has 1 aliphatic rings. The summed E-state index contributed by atoms with van der Waals surface area (Å²) in [6.45, 7) is 3.36. The highest BCUT2D eigenvalue weighted by Gasteiger charge is 2.23. The zero-order chi connectivity index (χ0) is 18.4. The maximum atomic E-state index is 12.7. The summed E-state index contributed by atoms with van der Waals surface area (Å²) >= 11 is 1.63. The number of carbonyl (C=O) groups is 2. The lowest BCUT2D eigenvalue weighted by molar-refractivity contribution is -0.135. The number of amides is 1. The summed E-state index contributed by atoms with van der Waals surface area (Å²) in [6, 6.07) is 10.9. The van der Waals surface area contributed by atoms with Crippen molar-refractivity contribution in [1.29, 1.82) is 0 Å². The first-order chi connectivity index (χ1) is 12.6. The van der Waals surface area contributed by atoms with Crippen molar-refractivity contribution in [3.05, 3.63) is 52.2 Å². The van der Waals surface area contributed by atoms with E-state index < -0.39 is 0 Å². The number of benzene rings is 1. The third kappa shape index (κ3) is 5.16. The lowest BCUT2D eigenvalue weighted by Crippen LogP contribution is -2.39. The van der Waals surface area contributed by atoms with Gasteiger partial charge in [0, 0.05) is 23.6 Å². The second kappa shape index (κ2) is 8.96. The molecule has 1 amide bonds. The van der Waals surface area contributed by atoms with Gasteiger partial charge in [-0.2, -0.15) is 0 Å². The summed E-state index contributed by atoms with van der Waals surface area (Å²) in [4.78, 5) is 27.1. The van der Waals surface area contributed by atoms with Crippen LogP contribution < -0.4 is 4.74 Å². The van der Waals surface area contributed by atoms with Gasteiger partial charge >= 0.3 is 0 Å². The van der Waals surface area contributed by atoms with Crippen LogP contribution in [-0.2, 0) is 16.1 Å². The highest BCUT2D eigenvalue weighted by Crippen LogP contribution is 2.18. The van der Waals surface area contributed by atoms with Crippen LogP contribution in [0.3, 0.4) is 0 Å². The number of hydrogen-bond donors (Lipinski definition) is 0. The summed E-state index contributed by atoms with van der Waals surface area (Å²) in [7, 11) is 0. The van der Waals surface area contributed by atoms with Crippen molar-refractivity contribution in [3.63, 3.8) is 0 Å². The lowest BCUT2D eigenvalue weighted by atomic mass is 10.1. The van der Waals surface area contributed by atoms with Crippen LogP contribution in [0, 0.1) is 0 Å². The molecule has 1 atom stereocenters. The minimum absolute atomic E-state index is 0.0283. The summed E-state index contributed by atoms with van der Waals surface area (Å²) in [5, 5.41) is 2.01. The smallest absolute Gasteiger partial charge is 0.260 e. The highest BCUT2D eigenvalue weighted by molar-refractivity contribution is 7.09. The first-order valence-corrected chi connectivity index (χ1v) is 9.65. The van der Waals surface area contributed by atoms with Crippen LogP contribution in [0.2, 0.25) is 0 Å². The number of Topliss-reactive ketones (excluding diaryl/α,β-unsaturated/α-hetero) is 1. The van der Waals surface area contributed by atoms with E-state index in [-0.39, 0.29) is 24.4 Å². The van der Waals surface area contributed by atoms with Gasteiger partial charge in [0.25, 0.3) is 5.91 Å². The number of nitrogens with zero attached hydrogens (tertiary/aromatic N) is 1. The first kappa shape index (κ1) is 18.6. The molecular formula is C20H23NO4S. The van der Waals surface area contributed by atoms with Crippen molar-refractivity contribution in [2.45, 2.75) is 32.4 Å². The van der Waals surface area contributed by atoms with Crippen LogP contribution in [0.1, 0.15) is 35.0 Å². The van der Waals surface area contributed by atoms with Crippen LogP contribution in [0.25, 0.3) is 0 Å². The van der Waals surface area contributed by atoms with E-state index >= 15 is 0 Å². The Hall–Kier alpha value is -2.18. The number of thiophene rings is 1. The molecule has 0 bridgehead atoms. The van der Waals surface area contributed by atoms with Crippen molar-refractivity contribution in [1.82, 2.24) is 4.90 Å². The maximum Gasteiger partial charge on any atom is 0.260 e. The van der Waals surface area contributed by atoms with E-state index in [1.807, 2.05) is 17.5 Å². The molecule has 26 heavy (non-hydrogen) atoms. The molecule has 0 N–H and O–H groups in total. The molecule has 1 aliphatic heterocycles. The summed E-state index contributed by atoms with van der Waals surface area (Å²) in [6.07, 6.45) is 2.12. The average Bonchev–Trinajstić information content (AvgIpc) is 3.33. The van der Waals surface area contributed by atoms with E-state index in [1.165, 1.54) is 6.92 Å². The molecule has 5 nitrogen and oxygen atoms in total. The van der Waals surface area contributed by atoms with E-state index in [0.717, 1.165) is 24.3 Å². The van der Waals surface area contributed by atoms with Gasteiger partial charge in [-0.25, -0.2) is 0 Å². The maximum absolute atomic E-state index is 12.7. The standard InChI is InChI=1S/C20H23NO4S/c1-15(22)16-5-2-6-17(11-16)25-14-20(23)21(12-18-7-3-9-24-18)13-19-8-4-10-26-19/h2,4-6,8,10-11,18H,3,7,9,12-14H2,1H3. The van der Waals surface area contributed by atoms with Gasteiger partial charge < -0.3 is 14.4 Å².